The number of carbonyl (C=O) groups excluding carboxylic acids is 1. The van der Waals surface area contributed by atoms with Crippen LogP contribution in [0.15, 0.2) is 47.4 Å². The number of hydrogen-bond acceptors (Lipinski definition) is 5. The van der Waals surface area contributed by atoms with Crippen molar-refractivity contribution in [3.05, 3.63) is 63.7 Å². The van der Waals surface area contributed by atoms with Gasteiger partial charge in [-0.2, -0.15) is 4.31 Å². The number of hydrogen-bond donors (Lipinski definition) is 1. The second-order valence-corrected chi connectivity index (χ2v) is 7.76. The fourth-order valence-electron chi connectivity index (χ4n) is 2.58. The lowest BCUT2D eigenvalue weighted by molar-refractivity contribution is -0.385. The number of nitrogens with zero attached hydrogens (tertiary/aromatic N) is 2. The highest BCUT2D eigenvalue weighted by Gasteiger charge is 2.21. The summed E-state index contributed by atoms with van der Waals surface area (Å²) in [6.07, 6.45) is 0. The van der Waals surface area contributed by atoms with Crippen LogP contribution in [0.5, 0.6) is 0 Å². The molecular weight excluding hydrogens is 370 g/mol. The van der Waals surface area contributed by atoms with Crippen molar-refractivity contribution < 1.29 is 18.1 Å². The number of nitrogens with one attached hydrogen (secondary N) is 1. The summed E-state index contributed by atoms with van der Waals surface area (Å²) >= 11 is 0. The summed E-state index contributed by atoms with van der Waals surface area (Å²) < 4.78 is 26.2. The highest BCUT2D eigenvalue weighted by atomic mass is 32.2. The van der Waals surface area contributed by atoms with E-state index in [2.05, 4.69) is 5.32 Å². The molecule has 0 aromatic heterocycles. The van der Waals surface area contributed by atoms with Crippen LogP contribution in [0, 0.1) is 17.0 Å². The van der Waals surface area contributed by atoms with Gasteiger partial charge in [0.2, 0.25) is 10.0 Å². The smallest absolute Gasteiger partial charge is 0.274 e. The first kappa shape index (κ1) is 20.5. The maximum atomic E-state index is 12.5. The van der Waals surface area contributed by atoms with Crippen molar-refractivity contribution in [2.75, 3.05) is 18.4 Å². The van der Waals surface area contributed by atoms with Gasteiger partial charge in [0.1, 0.15) is 0 Å². The normalized spacial score (nSPS) is 11.4. The molecule has 2 aromatic carbocycles. The van der Waals surface area contributed by atoms with Crippen molar-refractivity contribution in [1.82, 2.24) is 4.31 Å². The summed E-state index contributed by atoms with van der Waals surface area (Å²) in [6.45, 7) is 5.83. The summed E-state index contributed by atoms with van der Waals surface area (Å²) in [6, 6.07) is 9.97. The Balaban J connectivity index is 2.22. The molecule has 0 aliphatic carbocycles. The number of benzene rings is 2. The van der Waals surface area contributed by atoms with E-state index in [0.717, 1.165) is 0 Å². The molecule has 0 aliphatic heterocycles. The Hall–Kier alpha value is -2.78. The molecule has 144 valence electrons. The molecule has 0 heterocycles. The Bertz CT molecular complexity index is 951. The Morgan fingerprint density at radius 1 is 1.11 bits per heavy atom. The lowest BCUT2D eigenvalue weighted by Crippen LogP contribution is -2.30. The first-order chi connectivity index (χ1) is 12.7. The molecule has 0 aliphatic rings. The lowest BCUT2D eigenvalue weighted by Gasteiger charge is -2.18. The topological polar surface area (TPSA) is 110 Å². The Morgan fingerprint density at radius 3 is 2.22 bits per heavy atom. The van der Waals surface area contributed by atoms with Crippen molar-refractivity contribution in [2.45, 2.75) is 25.7 Å². The van der Waals surface area contributed by atoms with Crippen LogP contribution in [-0.4, -0.2) is 36.6 Å². The minimum absolute atomic E-state index is 0.0894. The van der Waals surface area contributed by atoms with Crippen molar-refractivity contribution in [2.24, 2.45) is 0 Å². The average molecular weight is 391 g/mol. The van der Waals surface area contributed by atoms with E-state index in [1.54, 1.807) is 32.9 Å². The van der Waals surface area contributed by atoms with Crippen LogP contribution < -0.4 is 5.32 Å². The van der Waals surface area contributed by atoms with E-state index in [1.165, 1.54) is 34.6 Å². The molecule has 2 aromatic rings. The van der Waals surface area contributed by atoms with Crippen LogP contribution in [0.2, 0.25) is 0 Å². The molecule has 1 amide bonds. The molecule has 8 nitrogen and oxygen atoms in total. The number of anilines is 1. The third-order valence-electron chi connectivity index (χ3n) is 4.12. The van der Waals surface area contributed by atoms with Crippen LogP contribution >= 0.6 is 0 Å². The molecule has 0 saturated heterocycles. The van der Waals surface area contributed by atoms with Gasteiger partial charge in [-0.25, -0.2) is 8.42 Å². The molecule has 0 atom stereocenters. The number of nitro groups is 1. The van der Waals surface area contributed by atoms with E-state index in [1.807, 2.05) is 0 Å². The van der Waals surface area contributed by atoms with E-state index in [9.17, 15) is 23.3 Å². The van der Waals surface area contributed by atoms with Gasteiger partial charge >= 0.3 is 0 Å². The SMILES string of the molecule is CCN(CC)S(=O)(=O)c1ccc(C(=O)Nc2ccc(C)c([N+](=O)[O-])c2)cc1. The van der Waals surface area contributed by atoms with E-state index >= 15 is 0 Å². The number of amides is 1. The highest BCUT2D eigenvalue weighted by molar-refractivity contribution is 7.89. The van der Waals surface area contributed by atoms with E-state index in [4.69, 9.17) is 0 Å². The Kier molecular flexibility index (Phi) is 6.29. The maximum absolute atomic E-state index is 12.5. The van der Waals surface area contributed by atoms with Crippen molar-refractivity contribution >= 4 is 27.3 Å². The number of rotatable bonds is 7. The Labute approximate surface area is 158 Å². The molecular formula is C18H21N3O5S. The van der Waals surface area contributed by atoms with Gasteiger partial charge in [-0.1, -0.05) is 19.9 Å². The molecule has 0 unspecified atom stereocenters. The van der Waals surface area contributed by atoms with Gasteiger partial charge in [-0.05, 0) is 37.3 Å². The summed E-state index contributed by atoms with van der Waals surface area (Å²) in [4.78, 5) is 22.9. The minimum atomic E-state index is -3.60. The molecule has 0 spiro atoms. The molecule has 0 bridgehead atoms. The fourth-order valence-corrected chi connectivity index (χ4v) is 4.04. The summed E-state index contributed by atoms with van der Waals surface area (Å²) in [5.41, 5.74) is 0.936. The first-order valence-electron chi connectivity index (χ1n) is 8.37. The quantitative estimate of drug-likeness (QED) is 0.576. The van der Waals surface area contributed by atoms with Gasteiger partial charge in [0, 0.05) is 36.0 Å². The zero-order valence-corrected chi connectivity index (χ0v) is 16.1. The predicted molar refractivity (Wildman–Crippen MR) is 102 cm³/mol. The van der Waals surface area contributed by atoms with Crippen molar-refractivity contribution in [3.63, 3.8) is 0 Å². The number of aryl methyl sites for hydroxylation is 1. The third-order valence-corrected chi connectivity index (χ3v) is 6.19. The van der Waals surface area contributed by atoms with Gasteiger partial charge in [-0.3, -0.25) is 14.9 Å². The first-order valence-corrected chi connectivity index (χ1v) is 9.81. The zero-order valence-electron chi connectivity index (χ0n) is 15.3. The summed E-state index contributed by atoms with van der Waals surface area (Å²) in [7, 11) is -3.60. The van der Waals surface area contributed by atoms with Gasteiger partial charge in [0.25, 0.3) is 11.6 Å². The number of sulfonamides is 1. The van der Waals surface area contributed by atoms with Crippen LogP contribution in [-0.2, 0) is 10.0 Å². The van der Waals surface area contributed by atoms with Crippen LogP contribution in [0.3, 0.4) is 0 Å². The van der Waals surface area contributed by atoms with Crippen LogP contribution in [0.4, 0.5) is 11.4 Å². The molecule has 9 heteroatoms. The predicted octanol–water partition coefficient (Wildman–Crippen LogP) is 3.19. The molecule has 1 N–H and O–H groups in total. The van der Waals surface area contributed by atoms with Crippen molar-refractivity contribution in [3.8, 4) is 0 Å². The largest absolute Gasteiger partial charge is 0.322 e. The molecule has 27 heavy (non-hydrogen) atoms. The van der Waals surface area contributed by atoms with Crippen LogP contribution in [0.1, 0.15) is 29.8 Å². The summed E-state index contributed by atoms with van der Waals surface area (Å²) in [5, 5.41) is 13.6. The van der Waals surface area contributed by atoms with Gasteiger partial charge in [0.05, 0.1) is 9.82 Å². The van der Waals surface area contributed by atoms with E-state index < -0.39 is 20.9 Å². The molecule has 0 fully saturated rings. The fraction of sp³-hybridized carbons (Fsp3) is 0.278. The van der Waals surface area contributed by atoms with Gasteiger partial charge in [0.15, 0.2) is 0 Å². The highest BCUT2D eigenvalue weighted by Crippen LogP contribution is 2.23. The standard InChI is InChI=1S/C18H21N3O5S/c1-4-20(5-2)27(25,26)16-10-7-14(8-11-16)18(22)19-15-9-6-13(3)17(12-15)21(23)24/h6-12H,4-5H2,1-3H3,(H,19,22). The van der Waals surface area contributed by atoms with E-state index in [0.29, 0.717) is 18.7 Å². The third kappa shape index (κ3) is 4.50. The molecule has 0 radical (unpaired) electrons. The average Bonchev–Trinajstić information content (AvgIpc) is 2.64. The zero-order chi connectivity index (χ0) is 20.2. The van der Waals surface area contributed by atoms with Crippen LogP contribution in [0.25, 0.3) is 0 Å². The summed E-state index contributed by atoms with van der Waals surface area (Å²) in [5.74, 6) is -0.486. The maximum Gasteiger partial charge on any atom is 0.274 e. The lowest BCUT2D eigenvalue weighted by atomic mass is 10.1. The van der Waals surface area contributed by atoms with Gasteiger partial charge in [-0.15, -0.1) is 0 Å². The number of nitro benzene ring substituents is 1. The molecule has 2 rings (SSSR count). The Morgan fingerprint density at radius 2 is 1.70 bits per heavy atom. The van der Waals surface area contributed by atoms with Gasteiger partial charge < -0.3 is 5.32 Å². The monoisotopic (exact) mass is 391 g/mol. The van der Waals surface area contributed by atoms with Crippen molar-refractivity contribution in [1.29, 1.82) is 0 Å². The number of carbonyl (C=O) groups is 1. The second kappa shape index (κ2) is 8.28. The second-order valence-electron chi connectivity index (χ2n) is 5.83. The minimum Gasteiger partial charge on any atom is -0.322 e. The van der Waals surface area contributed by atoms with E-state index in [-0.39, 0.29) is 21.8 Å². The molecule has 0 saturated carbocycles.